The number of carbonyl (C=O) groups is 1. The standard InChI is InChI=1S/C15H19N5O/c1-2-5-13-17-14(19-18-13)15(21)20-9-8-16-10-11-6-3-4-7-12(11)20/h3-4,6-7,16H,2,5,8-10H2,1H3,(H,17,18,19). The topological polar surface area (TPSA) is 73.9 Å². The summed E-state index contributed by atoms with van der Waals surface area (Å²) < 4.78 is 0. The van der Waals surface area contributed by atoms with Crippen molar-refractivity contribution in [2.24, 2.45) is 0 Å². The summed E-state index contributed by atoms with van der Waals surface area (Å²) in [5.74, 6) is 0.863. The first kappa shape index (κ1) is 13.8. The summed E-state index contributed by atoms with van der Waals surface area (Å²) in [6.45, 7) is 4.22. The second kappa shape index (κ2) is 6.05. The fraction of sp³-hybridized carbons (Fsp3) is 0.400. The van der Waals surface area contributed by atoms with E-state index in [0.717, 1.165) is 43.0 Å². The van der Waals surface area contributed by atoms with Gasteiger partial charge in [0.2, 0.25) is 5.82 Å². The molecule has 0 aliphatic carbocycles. The zero-order valence-electron chi connectivity index (χ0n) is 12.1. The molecule has 6 heteroatoms. The van der Waals surface area contributed by atoms with Gasteiger partial charge in [0.05, 0.1) is 0 Å². The molecule has 0 saturated heterocycles. The number of fused-ring (bicyclic) bond motifs is 1. The quantitative estimate of drug-likeness (QED) is 0.896. The Morgan fingerprint density at radius 1 is 1.38 bits per heavy atom. The fourth-order valence-electron chi connectivity index (χ4n) is 2.53. The normalized spacial score (nSPS) is 14.6. The number of para-hydroxylation sites is 1. The molecule has 2 N–H and O–H groups in total. The number of nitrogens with one attached hydrogen (secondary N) is 2. The van der Waals surface area contributed by atoms with Crippen molar-refractivity contribution in [3.8, 4) is 0 Å². The molecule has 1 aliphatic rings. The molecule has 110 valence electrons. The molecule has 0 radical (unpaired) electrons. The Labute approximate surface area is 123 Å². The molecule has 2 aromatic rings. The number of aromatic amines is 1. The van der Waals surface area contributed by atoms with E-state index < -0.39 is 0 Å². The van der Waals surface area contributed by atoms with Crippen LogP contribution in [0.2, 0.25) is 0 Å². The van der Waals surface area contributed by atoms with Gasteiger partial charge >= 0.3 is 0 Å². The number of aryl methyl sites for hydroxylation is 1. The molecule has 1 aromatic carbocycles. The van der Waals surface area contributed by atoms with Gasteiger partial charge in [-0.05, 0) is 18.1 Å². The average molecular weight is 285 g/mol. The van der Waals surface area contributed by atoms with E-state index in [4.69, 9.17) is 0 Å². The Morgan fingerprint density at radius 3 is 3.10 bits per heavy atom. The first-order chi connectivity index (χ1) is 10.3. The van der Waals surface area contributed by atoms with Gasteiger partial charge in [0.1, 0.15) is 5.82 Å². The molecule has 0 saturated carbocycles. The van der Waals surface area contributed by atoms with Crippen LogP contribution in [-0.2, 0) is 13.0 Å². The van der Waals surface area contributed by atoms with Crippen LogP contribution in [0.5, 0.6) is 0 Å². The van der Waals surface area contributed by atoms with Crippen molar-refractivity contribution in [2.75, 3.05) is 18.0 Å². The molecular formula is C15H19N5O. The van der Waals surface area contributed by atoms with Crippen LogP contribution in [0.4, 0.5) is 5.69 Å². The van der Waals surface area contributed by atoms with Crippen molar-refractivity contribution >= 4 is 11.6 Å². The van der Waals surface area contributed by atoms with E-state index in [9.17, 15) is 4.79 Å². The smallest absolute Gasteiger partial charge is 0.297 e. The second-order valence-electron chi connectivity index (χ2n) is 5.12. The number of hydrogen-bond acceptors (Lipinski definition) is 4. The van der Waals surface area contributed by atoms with Crippen LogP contribution in [0.25, 0.3) is 0 Å². The Balaban J connectivity index is 1.89. The first-order valence-corrected chi connectivity index (χ1v) is 7.31. The molecule has 1 aromatic heterocycles. The number of benzene rings is 1. The number of hydrogen-bond donors (Lipinski definition) is 2. The van der Waals surface area contributed by atoms with Crippen LogP contribution in [0.1, 0.15) is 35.4 Å². The van der Waals surface area contributed by atoms with E-state index >= 15 is 0 Å². The maximum Gasteiger partial charge on any atom is 0.297 e. The van der Waals surface area contributed by atoms with Gasteiger partial charge in [0.25, 0.3) is 5.91 Å². The van der Waals surface area contributed by atoms with E-state index in [1.807, 2.05) is 24.3 Å². The first-order valence-electron chi connectivity index (χ1n) is 7.31. The Kier molecular flexibility index (Phi) is 3.96. The summed E-state index contributed by atoms with van der Waals surface area (Å²) in [5.41, 5.74) is 2.06. The van der Waals surface area contributed by atoms with Gasteiger partial charge in [-0.15, -0.1) is 5.10 Å². The monoisotopic (exact) mass is 285 g/mol. The van der Waals surface area contributed by atoms with Crippen molar-refractivity contribution in [2.45, 2.75) is 26.3 Å². The van der Waals surface area contributed by atoms with Gasteiger partial charge in [-0.2, -0.15) is 0 Å². The molecule has 6 nitrogen and oxygen atoms in total. The van der Waals surface area contributed by atoms with Gasteiger partial charge in [-0.1, -0.05) is 25.1 Å². The van der Waals surface area contributed by atoms with Crippen LogP contribution < -0.4 is 10.2 Å². The number of amides is 1. The summed E-state index contributed by atoms with van der Waals surface area (Å²) >= 11 is 0. The number of H-pyrrole nitrogens is 1. The van der Waals surface area contributed by atoms with Gasteiger partial charge in [-0.25, -0.2) is 4.98 Å². The predicted octanol–water partition coefficient (Wildman–Crippen LogP) is 1.51. The minimum atomic E-state index is -0.148. The third-order valence-electron chi connectivity index (χ3n) is 3.57. The zero-order valence-corrected chi connectivity index (χ0v) is 12.1. The molecular weight excluding hydrogens is 266 g/mol. The molecule has 0 unspecified atom stereocenters. The average Bonchev–Trinajstić information content (AvgIpc) is 2.86. The summed E-state index contributed by atoms with van der Waals surface area (Å²) in [4.78, 5) is 18.7. The minimum absolute atomic E-state index is 0.148. The molecule has 2 heterocycles. The van der Waals surface area contributed by atoms with Crippen LogP contribution >= 0.6 is 0 Å². The summed E-state index contributed by atoms with van der Waals surface area (Å²) in [6.07, 6.45) is 1.78. The Bertz CT molecular complexity index is 636. The van der Waals surface area contributed by atoms with E-state index in [1.54, 1.807) is 4.90 Å². The lowest BCUT2D eigenvalue weighted by molar-refractivity contribution is 0.0978. The van der Waals surface area contributed by atoms with Crippen LogP contribution in [0.15, 0.2) is 24.3 Å². The number of nitrogens with zero attached hydrogens (tertiary/aromatic N) is 3. The third kappa shape index (κ3) is 2.80. The number of aromatic nitrogens is 3. The van der Waals surface area contributed by atoms with Gasteiger partial charge in [0.15, 0.2) is 0 Å². The van der Waals surface area contributed by atoms with Crippen molar-refractivity contribution in [1.29, 1.82) is 0 Å². The Morgan fingerprint density at radius 2 is 2.24 bits per heavy atom. The molecule has 1 aliphatic heterocycles. The fourth-order valence-corrected chi connectivity index (χ4v) is 2.53. The summed E-state index contributed by atoms with van der Waals surface area (Å²) in [6, 6.07) is 7.94. The van der Waals surface area contributed by atoms with E-state index in [1.165, 1.54) is 0 Å². The third-order valence-corrected chi connectivity index (χ3v) is 3.57. The maximum absolute atomic E-state index is 12.7. The lowest BCUT2D eigenvalue weighted by atomic mass is 10.1. The molecule has 0 fully saturated rings. The largest absolute Gasteiger partial charge is 0.311 e. The van der Waals surface area contributed by atoms with E-state index in [2.05, 4.69) is 27.4 Å². The van der Waals surface area contributed by atoms with Crippen LogP contribution in [-0.4, -0.2) is 34.2 Å². The van der Waals surface area contributed by atoms with Gasteiger partial charge in [-0.3, -0.25) is 9.89 Å². The highest BCUT2D eigenvalue weighted by atomic mass is 16.2. The van der Waals surface area contributed by atoms with Gasteiger partial charge in [0, 0.05) is 31.7 Å². The zero-order chi connectivity index (χ0) is 14.7. The van der Waals surface area contributed by atoms with Crippen molar-refractivity contribution in [1.82, 2.24) is 20.5 Å². The SMILES string of the molecule is CCCc1nc(C(=O)N2CCNCc3ccccc32)n[nH]1. The summed E-state index contributed by atoms with van der Waals surface area (Å²) in [5, 5.41) is 10.2. The highest BCUT2D eigenvalue weighted by Crippen LogP contribution is 2.23. The molecule has 21 heavy (non-hydrogen) atoms. The van der Waals surface area contributed by atoms with Crippen molar-refractivity contribution in [3.05, 3.63) is 41.5 Å². The van der Waals surface area contributed by atoms with E-state index in [-0.39, 0.29) is 11.7 Å². The van der Waals surface area contributed by atoms with Crippen LogP contribution in [0.3, 0.4) is 0 Å². The number of rotatable bonds is 3. The lowest BCUT2D eigenvalue weighted by Crippen LogP contribution is -2.35. The number of anilines is 1. The van der Waals surface area contributed by atoms with Crippen molar-refractivity contribution in [3.63, 3.8) is 0 Å². The maximum atomic E-state index is 12.7. The minimum Gasteiger partial charge on any atom is -0.311 e. The molecule has 0 atom stereocenters. The van der Waals surface area contributed by atoms with E-state index in [0.29, 0.717) is 6.54 Å². The Hall–Kier alpha value is -2.21. The second-order valence-corrected chi connectivity index (χ2v) is 5.12. The summed E-state index contributed by atoms with van der Waals surface area (Å²) in [7, 11) is 0. The number of carbonyl (C=O) groups excluding carboxylic acids is 1. The molecule has 0 spiro atoms. The highest BCUT2D eigenvalue weighted by molar-refractivity contribution is 6.04. The molecule has 0 bridgehead atoms. The molecule has 3 rings (SSSR count). The lowest BCUT2D eigenvalue weighted by Gasteiger charge is -2.20. The molecule has 1 amide bonds. The van der Waals surface area contributed by atoms with Crippen molar-refractivity contribution < 1.29 is 4.79 Å². The highest BCUT2D eigenvalue weighted by Gasteiger charge is 2.24. The predicted molar refractivity (Wildman–Crippen MR) is 80.2 cm³/mol. The van der Waals surface area contributed by atoms with Crippen LogP contribution in [0, 0.1) is 0 Å². The van der Waals surface area contributed by atoms with Gasteiger partial charge < -0.3 is 10.2 Å².